The second kappa shape index (κ2) is 6.74. The number of pyridine rings is 1. The third-order valence-electron chi connectivity index (χ3n) is 4.39. The molecule has 3 aromatic rings. The lowest BCUT2D eigenvalue weighted by Gasteiger charge is -2.36. The molecule has 9 heteroatoms. The summed E-state index contributed by atoms with van der Waals surface area (Å²) in [4.78, 5) is 25.0. The van der Waals surface area contributed by atoms with Gasteiger partial charge >= 0.3 is 0 Å². The fourth-order valence-corrected chi connectivity index (χ4v) is 3.14. The standard InChI is InChI=1S/C17H17F2N7/c1-11-23-13(16(18)19)8-15(24-11)25-4-6-26(7-5-25)17-12-2-3-20-9-14(12)21-10-22-17/h2-3,8-10,16H,4-7H2,1H3. The van der Waals surface area contributed by atoms with E-state index in [1.807, 2.05) is 11.0 Å². The second-order valence-corrected chi connectivity index (χ2v) is 6.06. The second-order valence-electron chi connectivity index (χ2n) is 6.06. The summed E-state index contributed by atoms with van der Waals surface area (Å²) in [5.74, 6) is 1.77. The molecule has 26 heavy (non-hydrogen) atoms. The van der Waals surface area contributed by atoms with Crippen LogP contribution in [0.3, 0.4) is 0 Å². The summed E-state index contributed by atoms with van der Waals surface area (Å²) in [7, 11) is 0. The molecular weight excluding hydrogens is 340 g/mol. The molecule has 0 aromatic carbocycles. The summed E-state index contributed by atoms with van der Waals surface area (Å²) in [6, 6.07) is 3.28. The first-order chi connectivity index (χ1) is 12.6. The van der Waals surface area contributed by atoms with Gasteiger partial charge in [-0.1, -0.05) is 0 Å². The third-order valence-corrected chi connectivity index (χ3v) is 4.39. The average Bonchev–Trinajstić information content (AvgIpc) is 2.67. The molecule has 4 heterocycles. The number of anilines is 2. The van der Waals surface area contributed by atoms with Crippen molar-refractivity contribution in [2.24, 2.45) is 0 Å². The average molecular weight is 357 g/mol. The number of fused-ring (bicyclic) bond motifs is 1. The Hall–Kier alpha value is -2.97. The van der Waals surface area contributed by atoms with Crippen LogP contribution in [0.15, 0.2) is 30.9 Å². The van der Waals surface area contributed by atoms with Crippen LogP contribution in [0, 0.1) is 6.92 Å². The Morgan fingerprint density at radius 1 is 1.04 bits per heavy atom. The van der Waals surface area contributed by atoms with Crippen molar-refractivity contribution in [2.45, 2.75) is 13.3 Å². The molecule has 3 aromatic heterocycles. The highest BCUT2D eigenvalue weighted by Crippen LogP contribution is 2.25. The van der Waals surface area contributed by atoms with E-state index in [-0.39, 0.29) is 5.69 Å². The van der Waals surface area contributed by atoms with E-state index in [1.54, 1.807) is 19.3 Å². The van der Waals surface area contributed by atoms with E-state index in [0.717, 1.165) is 16.7 Å². The molecule has 4 rings (SSSR count). The van der Waals surface area contributed by atoms with E-state index in [2.05, 4.69) is 29.8 Å². The number of hydrogen-bond donors (Lipinski definition) is 0. The molecule has 0 spiro atoms. The highest BCUT2D eigenvalue weighted by atomic mass is 19.3. The maximum absolute atomic E-state index is 13.0. The minimum Gasteiger partial charge on any atom is -0.353 e. The van der Waals surface area contributed by atoms with Gasteiger partial charge in [0.1, 0.15) is 29.5 Å². The van der Waals surface area contributed by atoms with Gasteiger partial charge in [-0.25, -0.2) is 28.7 Å². The SMILES string of the molecule is Cc1nc(C(F)F)cc(N2CCN(c3ncnc4cnccc34)CC2)n1. The monoisotopic (exact) mass is 357 g/mol. The third kappa shape index (κ3) is 3.12. The first-order valence-corrected chi connectivity index (χ1v) is 8.30. The van der Waals surface area contributed by atoms with Crippen LogP contribution in [0.2, 0.25) is 0 Å². The van der Waals surface area contributed by atoms with Crippen molar-refractivity contribution in [3.05, 3.63) is 42.4 Å². The summed E-state index contributed by atoms with van der Waals surface area (Å²) in [6.45, 7) is 4.38. The maximum atomic E-state index is 13.0. The van der Waals surface area contributed by atoms with Crippen LogP contribution in [0.4, 0.5) is 20.4 Å². The zero-order valence-electron chi connectivity index (χ0n) is 14.2. The summed E-state index contributed by atoms with van der Waals surface area (Å²) < 4.78 is 26.0. The molecule has 1 saturated heterocycles. The molecule has 0 bridgehead atoms. The van der Waals surface area contributed by atoms with Gasteiger partial charge < -0.3 is 9.80 Å². The number of hydrogen-bond acceptors (Lipinski definition) is 7. The van der Waals surface area contributed by atoms with Gasteiger partial charge in [-0.15, -0.1) is 0 Å². The van der Waals surface area contributed by atoms with Crippen molar-refractivity contribution in [3.8, 4) is 0 Å². The Labute approximate surface area is 148 Å². The maximum Gasteiger partial charge on any atom is 0.280 e. The van der Waals surface area contributed by atoms with E-state index >= 15 is 0 Å². The van der Waals surface area contributed by atoms with Crippen LogP contribution in [0.1, 0.15) is 17.9 Å². The zero-order valence-corrected chi connectivity index (χ0v) is 14.2. The molecule has 0 N–H and O–H groups in total. The molecule has 0 amide bonds. The molecule has 0 saturated carbocycles. The van der Waals surface area contributed by atoms with E-state index in [4.69, 9.17) is 0 Å². The molecule has 134 valence electrons. The Balaban J connectivity index is 1.54. The number of rotatable bonds is 3. The summed E-state index contributed by atoms with van der Waals surface area (Å²) in [5, 5.41) is 0.953. The number of nitrogens with zero attached hydrogens (tertiary/aromatic N) is 7. The fourth-order valence-electron chi connectivity index (χ4n) is 3.14. The molecular formula is C17H17F2N7. The van der Waals surface area contributed by atoms with Crippen LogP contribution in [-0.4, -0.2) is 51.1 Å². The van der Waals surface area contributed by atoms with E-state index in [0.29, 0.717) is 37.8 Å². The first-order valence-electron chi connectivity index (χ1n) is 8.30. The summed E-state index contributed by atoms with van der Waals surface area (Å²) in [5.41, 5.74) is 0.567. The van der Waals surface area contributed by atoms with Crippen LogP contribution >= 0.6 is 0 Å². The van der Waals surface area contributed by atoms with Gasteiger partial charge in [0.25, 0.3) is 6.43 Å². The number of alkyl halides is 2. The van der Waals surface area contributed by atoms with Crippen molar-refractivity contribution in [3.63, 3.8) is 0 Å². The van der Waals surface area contributed by atoms with Gasteiger partial charge in [0.2, 0.25) is 0 Å². The topological polar surface area (TPSA) is 70.9 Å². The predicted octanol–water partition coefficient (Wildman–Crippen LogP) is 2.39. The molecule has 7 nitrogen and oxygen atoms in total. The van der Waals surface area contributed by atoms with Crippen molar-refractivity contribution >= 4 is 22.5 Å². The van der Waals surface area contributed by atoms with E-state index < -0.39 is 6.43 Å². The lowest BCUT2D eigenvalue weighted by Crippen LogP contribution is -2.47. The molecule has 0 atom stereocenters. The summed E-state index contributed by atoms with van der Waals surface area (Å²) >= 11 is 0. The Morgan fingerprint density at radius 2 is 1.81 bits per heavy atom. The van der Waals surface area contributed by atoms with Crippen molar-refractivity contribution in [2.75, 3.05) is 36.0 Å². The van der Waals surface area contributed by atoms with Crippen LogP contribution < -0.4 is 9.80 Å². The van der Waals surface area contributed by atoms with Crippen molar-refractivity contribution in [1.82, 2.24) is 24.9 Å². The molecule has 1 aliphatic heterocycles. The van der Waals surface area contributed by atoms with E-state index in [9.17, 15) is 8.78 Å². The van der Waals surface area contributed by atoms with Crippen LogP contribution in [-0.2, 0) is 0 Å². The largest absolute Gasteiger partial charge is 0.353 e. The minimum absolute atomic E-state index is 0.232. The Bertz CT molecular complexity index is 921. The van der Waals surface area contributed by atoms with E-state index in [1.165, 1.54) is 12.4 Å². The highest BCUT2D eigenvalue weighted by molar-refractivity contribution is 5.88. The zero-order chi connectivity index (χ0) is 18.1. The Kier molecular flexibility index (Phi) is 4.27. The highest BCUT2D eigenvalue weighted by Gasteiger charge is 2.22. The van der Waals surface area contributed by atoms with Gasteiger partial charge in [-0.05, 0) is 13.0 Å². The Morgan fingerprint density at radius 3 is 2.58 bits per heavy atom. The smallest absolute Gasteiger partial charge is 0.280 e. The van der Waals surface area contributed by atoms with Crippen LogP contribution in [0.25, 0.3) is 10.9 Å². The molecule has 1 aliphatic rings. The van der Waals surface area contributed by atoms with Crippen molar-refractivity contribution < 1.29 is 8.78 Å². The van der Waals surface area contributed by atoms with Gasteiger partial charge in [0.15, 0.2) is 0 Å². The number of aromatic nitrogens is 5. The van der Waals surface area contributed by atoms with Crippen molar-refractivity contribution in [1.29, 1.82) is 0 Å². The predicted molar refractivity (Wildman–Crippen MR) is 93.5 cm³/mol. The molecule has 1 fully saturated rings. The number of piperazine rings is 1. The fraction of sp³-hybridized carbons (Fsp3) is 0.353. The van der Waals surface area contributed by atoms with Gasteiger partial charge in [0, 0.05) is 43.8 Å². The minimum atomic E-state index is -2.60. The van der Waals surface area contributed by atoms with Gasteiger partial charge in [-0.2, -0.15) is 0 Å². The molecule has 0 unspecified atom stereocenters. The lowest BCUT2D eigenvalue weighted by atomic mass is 10.2. The quantitative estimate of drug-likeness (QED) is 0.713. The van der Waals surface area contributed by atoms with Gasteiger partial charge in [0.05, 0.1) is 11.7 Å². The number of halogens is 2. The van der Waals surface area contributed by atoms with Crippen LogP contribution in [0.5, 0.6) is 0 Å². The molecule has 0 radical (unpaired) electrons. The lowest BCUT2D eigenvalue weighted by molar-refractivity contribution is 0.145. The molecule has 0 aliphatic carbocycles. The van der Waals surface area contributed by atoms with Gasteiger partial charge in [-0.3, -0.25) is 4.98 Å². The first kappa shape index (κ1) is 16.5. The normalized spacial score (nSPS) is 15.1. The number of aryl methyl sites for hydroxylation is 1. The summed E-state index contributed by atoms with van der Waals surface area (Å²) in [6.07, 6.45) is 2.37.